The Balaban J connectivity index is 2.15. The fourth-order valence-corrected chi connectivity index (χ4v) is 2.09. The Morgan fingerprint density at radius 2 is 2.25 bits per heavy atom. The van der Waals surface area contributed by atoms with Crippen molar-refractivity contribution < 1.29 is 27.6 Å². The van der Waals surface area contributed by atoms with Gasteiger partial charge in [0.1, 0.15) is 5.56 Å². The van der Waals surface area contributed by atoms with Crippen molar-refractivity contribution in [3.8, 4) is 0 Å². The second kappa shape index (κ2) is 5.28. The summed E-state index contributed by atoms with van der Waals surface area (Å²) in [5, 5.41) is 14.6. The predicted molar refractivity (Wildman–Crippen MR) is 61.8 cm³/mol. The lowest BCUT2D eigenvalue weighted by Gasteiger charge is -2.13. The van der Waals surface area contributed by atoms with E-state index in [4.69, 9.17) is 5.11 Å². The summed E-state index contributed by atoms with van der Waals surface area (Å²) in [5.74, 6) is -2.37. The lowest BCUT2D eigenvalue weighted by molar-refractivity contribution is -0.155. The van der Waals surface area contributed by atoms with Crippen molar-refractivity contribution in [2.24, 2.45) is 5.92 Å². The van der Waals surface area contributed by atoms with E-state index in [1.165, 1.54) is 6.92 Å². The van der Waals surface area contributed by atoms with E-state index < -0.39 is 29.4 Å². The Morgan fingerprint density at radius 1 is 1.55 bits per heavy atom. The molecule has 1 aliphatic rings. The molecule has 0 aromatic carbocycles. The molecule has 8 heteroatoms. The van der Waals surface area contributed by atoms with E-state index >= 15 is 0 Å². The number of aliphatic hydroxyl groups excluding tert-OH is 1. The minimum absolute atomic E-state index is 0.0665. The lowest BCUT2D eigenvalue weighted by atomic mass is 10.1. The number of alkyl halides is 3. The second-order valence-corrected chi connectivity index (χ2v) is 4.61. The van der Waals surface area contributed by atoms with Gasteiger partial charge >= 0.3 is 6.18 Å². The third-order valence-electron chi connectivity index (χ3n) is 3.07. The molecule has 0 fully saturated rings. The van der Waals surface area contributed by atoms with Crippen molar-refractivity contribution in [1.82, 2.24) is 10.5 Å². The zero-order chi connectivity index (χ0) is 14.9. The summed E-state index contributed by atoms with van der Waals surface area (Å²) in [6.07, 6.45) is -0.952. The minimum Gasteiger partial charge on any atom is -0.396 e. The fourth-order valence-electron chi connectivity index (χ4n) is 2.09. The van der Waals surface area contributed by atoms with Crippen LogP contribution in [0.4, 0.5) is 13.2 Å². The number of rotatable bonds is 3. The van der Waals surface area contributed by atoms with Crippen LogP contribution in [0, 0.1) is 12.8 Å². The maximum Gasteiger partial charge on any atom is 0.453 e. The van der Waals surface area contributed by atoms with Crippen molar-refractivity contribution >= 4 is 5.91 Å². The Labute approximate surface area is 112 Å². The van der Waals surface area contributed by atoms with Crippen molar-refractivity contribution in [3.63, 3.8) is 0 Å². The van der Waals surface area contributed by atoms with E-state index in [0.29, 0.717) is 6.42 Å². The van der Waals surface area contributed by atoms with Crippen LogP contribution < -0.4 is 5.32 Å². The Bertz CT molecular complexity index is 537. The van der Waals surface area contributed by atoms with Gasteiger partial charge in [0.25, 0.3) is 11.7 Å². The molecule has 2 atom stereocenters. The van der Waals surface area contributed by atoms with E-state index in [9.17, 15) is 18.0 Å². The standard InChI is InChI=1S/C12H13F3N2O3/c1-6-9(10(20-17-6)12(13,14)15)11(19)16-8-3-2-7(4-8)5-18/h2-3,7-8,18H,4-5H2,1H3,(H,16,19)/t7-,8+/m0/s1. The number of nitrogens with one attached hydrogen (secondary N) is 1. The van der Waals surface area contributed by atoms with Crippen molar-refractivity contribution in [1.29, 1.82) is 0 Å². The second-order valence-electron chi connectivity index (χ2n) is 4.61. The maximum absolute atomic E-state index is 12.7. The van der Waals surface area contributed by atoms with E-state index in [0.717, 1.165) is 0 Å². The van der Waals surface area contributed by atoms with E-state index in [2.05, 4.69) is 15.0 Å². The van der Waals surface area contributed by atoms with Crippen molar-refractivity contribution in [2.75, 3.05) is 6.61 Å². The summed E-state index contributed by atoms with van der Waals surface area (Å²) in [5.41, 5.74) is -0.714. The summed E-state index contributed by atoms with van der Waals surface area (Å²) in [7, 11) is 0. The third kappa shape index (κ3) is 2.84. The van der Waals surface area contributed by atoms with Crippen LogP contribution >= 0.6 is 0 Å². The number of hydrogen-bond acceptors (Lipinski definition) is 4. The monoisotopic (exact) mass is 290 g/mol. The molecular formula is C12H13F3N2O3. The number of aryl methyl sites for hydroxylation is 1. The molecule has 2 rings (SSSR count). The smallest absolute Gasteiger partial charge is 0.396 e. The Morgan fingerprint density at radius 3 is 2.80 bits per heavy atom. The SMILES string of the molecule is Cc1noc(C(F)(F)F)c1C(=O)N[C@@H]1C=C[C@H](CO)C1. The Kier molecular flexibility index (Phi) is 3.85. The zero-order valence-corrected chi connectivity index (χ0v) is 10.6. The molecule has 1 aliphatic carbocycles. The predicted octanol–water partition coefficient (Wildman–Crippen LogP) is 1.67. The third-order valence-corrected chi connectivity index (χ3v) is 3.07. The number of halogens is 3. The topological polar surface area (TPSA) is 75.4 Å². The van der Waals surface area contributed by atoms with Crippen LogP contribution in [-0.4, -0.2) is 28.8 Å². The normalized spacial score (nSPS) is 22.2. The van der Waals surface area contributed by atoms with Gasteiger partial charge in [0.15, 0.2) is 0 Å². The van der Waals surface area contributed by atoms with Crippen LogP contribution in [0.1, 0.15) is 28.2 Å². The molecule has 5 nitrogen and oxygen atoms in total. The highest BCUT2D eigenvalue weighted by atomic mass is 19.4. The highest BCUT2D eigenvalue weighted by molar-refractivity contribution is 5.96. The molecule has 1 amide bonds. The van der Waals surface area contributed by atoms with Gasteiger partial charge in [-0.25, -0.2) is 0 Å². The quantitative estimate of drug-likeness (QED) is 0.830. The van der Waals surface area contributed by atoms with Crippen LogP contribution in [0.3, 0.4) is 0 Å². The molecule has 1 heterocycles. The van der Waals surface area contributed by atoms with E-state index in [-0.39, 0.29) is 18.2 Å². The summed E-state index contributed by atoms with van der Waals surface area (Å²) in [6, 6.07) is -0.407. The van der Waals surface area contributed by atoms with Gasteiger partial charge in [0.05, 0.1) is 5.69 Å². The van der Waals surface area contributed by atoms with Gasteiger partial charge in [-0.05, 0) is 13.3 Å². The maximum atomic E-state index is 12.7. The number of hydrogen-bond donors (Lipinski definition) is 2. The van der Waals surface area contributed by atoms with Crippen molar-refractivity contribution in [2.45, 2.75) is 25.6 Å². The van der Waals surface area contributed by atoms with Crippen LogP contribution in [-0.2, 0) is 6.18 Å². The van der Waals surface area contributed by atoms with Gasteiger partial charge in [-0.1, -0.05) is 17.3 Å². The highest BCUT2D eigenvalue weighted by Crippen LogP contribution is 2.33. The first-order valence-electron chi connectivity index (χ1n) is 5.96. The Hall–Kier alpha value is -1.83. The van der Waals surface area contributed by atoms with Gasteiger partial charge in [-0.3, -0.25) is 4.79 Å². The molecule has 110 valence electrons. The number of aromatic nitrogens is 1. The van der Waals surface area contributed by atoms with Crippen LogP contribution in [0.5, 0.6) is 0 Å². The fraction of sp³-hybridized carbons (Fsp3) is 0.500. The highest BCUT2D eigenvalue weighted by Gasteiger charge is 2.42. The number of carbonyl (C=O) groups is 1. The molecule has 0 saturated heterocycles. The number of amides is 1. The molecule has 0 spiro atoms. The van der Waals surface area contributed by atoms with Gasteiger partial charge in [-0.15, -0.1) is 0 Å². The molecule has 0 aliphatic heterocycles. The van der Waals surface area contributed by atoms with E-state index in [1.54, 1.807) is 12.2 Å². The average molecular weight is 290 g/mol. The molecular weight excluding hydrogens is 277 g/mol. The molecule has 2 N–H and O–H groups in total. The van der Waals surface area contributed by atoms with Gasteiger partial charge in [-0.2, -0.15) is 13.2 Å². The first-order valence-corrected chi connectivity index (χ1v) is 5.96. The van der Waals surface area contributed by atoms with E-state index in [1.807, 2.05) is 0 Å². The van der Waals surface area contributed by atoms with Crippen molar-refractivity contribution in [3.05, 3.63) is 29.2 Å². The minimum atomic E-state index is -4.77. The number of nitrogens with zero attached hydrogens (tertiary/aromatic N) is 1. The first-order chi connectivity index (χ1) is 9.32. The molecule has 20 heavy (non-hydrogen) atoms. The summed E-state index contributed by atoms with van der Waals surface area (Å²) in [6.45, 7) is 1.21. The van der Waals surface area contributed by atoms with Crippen LogP contribution in [0.2, 0.25) is 0 Å². The zero-order valence-electron chi connectivity index (χ0n) is 10.6. The number of carbonyl (C=O) groups excluding carboxylic acids is 1. The summed E-state index contributed by atoms with van der Waals surface area (Å²) < 4.78 is 42.3. The van der Waals surface area contributed by atoms with Crippen LogP contribution in [0.15, 0.2) is 16.7 Å². The molecule has 0 bridgehead atoms. The van der Waals surface area contributed by atoms with Crippen LogP contribution in [0.25, 0.3) is 0 Å². The first kappa shape index (κ1) is 14.6. The van der Waals surface area contributed by atoms with Gasteiger partial charge in [0.2, 0.25) is 0 Å². The molecule has 0 unspecified atom stereocenters. The lowest BCUT2D eigenvalue weighted by Crippen LogP contribution is -2.34. The molecule has 0 radical (unpaired) electrons. The summed E-state index contributed by atoms with van der Waals surface area (Å²) >= 11 is 0. The largest absolute Gasteiger partial charge is 0.453 e. The van der Waals surface area contributed by atoms with Gasteiger partial charge in [0, 0.05) is 18.6 Å². The molecule has 1 aromatic rings. The molecule has 1 aromatic heterocycles. The number of aliphatic hydroxyl groups is 1. The average Bonchev–Trinajstić information content (AvgIpc) is 2.94. The summed E-state index contributed by atoms with van der Waals surface area (Å²) in [4.78, 5) is 11.9. The molecule has 0 saturated carbocycles. The van der Waals surface area contributed by atoms with Gasteiger partial charge < -0.3 is 14.9 Å².